The molecule has 1 aliphatic rings. The van der Waals surface area contributed by atoms with Gasteiger partial charge in [0.2, 0.25) is 10.0 Å². The van der Waals surface area contributed by atoms with Crippen LogP contribution in [0.3, 0.4) is 0 Å². The predicted octanol–water partition coefficient (Wildman–Crippen LogP) is 4.41. The molecule has 0 saturated carbocycles. The van der Waals surface area contributed by atoms with Gasteiger partial charge in [-0.2, -0.15) is 4.31 Å². The third kappa shape index (κ3) is 5.36. The van der Waals surface area contributed by atoms with Crippen LogP contribution in [-0.4, -0.2) is 45.9 Å². The number of sulfonamides is 1. The minimum atomic E-state index is -3.79. The minimum absolute atomic E-state index is 0.0414. The second-order valence-electron chi connectivity index (χ2n) is 7.77. The quantitative estimate of drug-likeness (QED) is 0.634. The number of carbonyl (C=O) groups excluding carboxylic acids is 1. The molecule has 2 aromatic carbocycles. The molecule has 0 unspecified atom stereocenters. The summed E-state index contributed by atoms with van der Waals surface area (Å²) in [6.45, 7) is 2.74. The van der Waals surface area contributed by atoms with Crippen LogP contribution in [0.15, 0.2) is 41.3 Å². The van der Waals surface area contributed by atoms with Crippen molar-refractivity contribution in [2.75, 3.05) is 27.3 Å². The SMILES string of the molecule is COc1ccc(OC)c([C@H](C)NC(=O)c2ccc(Cl)c(S(=O)(=O)N3CCCCCC3)c2)c1. The molecule has 0 spiro atoms. The first-order valence-corrected chi connectivity index (χ1v) is 12.4. The highest BCUT2D eigenvalue weighted by Crippen LogP contribution is 2.31. The number of halogens is 1. The molecule has 1 N–H and O–H groups in total. The molecule has 1 amide bonds. The van der Waals surface area contributed by atoms with Gasteiger partial charge >= 0.3 is 0 Å². The molecule has 2 aromatic rings. The maximum absolute atomic E-state index is 13.2. The van der Waals surface area contributed by atoms with Crippen molar-refractivity contribution in [2.24, 2.45) is 0 Å². The van der Waals surface area contributed by atoms with Crippen molar-refractivity contribution in [1.82, 2.24) is 9.62 Å². The van der Waals surface area contributed by atoms with Crippen LogP contribution in [0.25, 0.3) is 0 Å². The van der Waals surface area contributed by atoms with Gasteiger partial charge in [-0.3, -0.25) is 4.79 Å². The Morgan fingerprint density at radius 2 is 1.72 bits per heavy atom. The lowest BCUT2D eigenvalue weighted by atomic mass is 10.1. The summed E-state index contributed by atoms with van der Waals surface area (Å²) in [5, 5.41) is 3.01. The number of nitrogens with one attached hydrogen (secondary N) is 1. The van der Waals surface area contributed by atoms with Gasteiger partial charge in [-0.15, -0.1) is 0 Å². The maximum Gasteiger partial charge on any atom is 0.251 e. The monoisotopic (exact) mass is 480 g/mol. The first kappa shape index (κ1) is 24.4. The van der Waals surface area contributed by atoms with E-state index in [-0.39, 0.29) is 15.5 Å². The number of hydrogen-bond donors (Lipinski definition) is 1. The van der Waals surface area contributed by atoms with Gasteiger partial charge in [0.05, 0.1) is 25.3 Å². The Balaban J connectivity index is 1.85. The molecule has 0 bridgehead atoms. The van der Waals surface area contributed by atoms with E-state index < -0.39 is 22.0 Å². The fraction of sp³-hybridized carbons (Fsp3) is 0.435. The standard InChI is InChI=1S/C23H29ClN2O5S/c1-16(19-15-18(30-2)9-11-21(19)31-3)25-23(27)17-8-10-20(24)22(14-17)32(28,29)26-12-6-4-5-7-13-26/h8-11,14-16H,4-7,12-13H2,1-3H3,(H,25,27)/t16-/m0/s1. The number of methoxy groups -OCH3 is 2. The van der Waals surface area contributed by atoms with Crippen LogP contribution in [-0.2, 0) is 10.0 Å². The van der Waals surface area contributed by atoms with E-state index in [4.69, 9.17) is 21.1 Å². The summed E-state index contributed by atoms with van der Waals surface area (Å²) in [6, 6.07) is 9.26. The second-order valence-corrected chi connectivity index (χ2v) is 10.1. The fourth-order valence-electron chi connectivity index (χ4n) is 3.80. The smallest absolute Gasteiger partial charge is 0.251 e. The summed E-state index contributed by atoms with van der Waals surface area (Å²) in [5.41, 5.74) is 0.961. The predicted molar refractivity (Wildman–Crippen MR) is 124 cm³/mol. The molecule has 1 fully saturated rings. The highest BCUT2D eigenvalue weighted by atomic mass is 35.5. The molecule has 0 aliphatic carbocycles. The summed E-state index contributed by atoms with van der Waals surface area (Å²) >= 11 is 6.25. The maximum atomic E-state index is 13.2. The van der Waals surface area contributed by atoms with Crippen LogP contribution in [0.1, 0.15) is 54.6 Å². The van der Waals surface area contributed by atoms with Crippen LogP contribution in [0.4, 0.5) is 0 Å². The van der Waals surface area contributed by atoms with E-state index in [0.29, 0.717) is 24.6 Å². The Morgan fingerprint density at radius 3 is 2.34 bits per heavy atom. The molecule has 32 heavy (non-hydrogen) atoms. The van der Waals surface area contributed by atoms with Gasteiger partial charge in [-0.1, -0.05) is 24.4 Å². The van der Waals surface area contributed by atoms with E-state index in [1.165, 1.54) is 22.5 Å². The van der Waals surface area contributed by atoms with Crippen molar-refractivity contribution in [3.05, 3.63) is 52.5 Å². The molecule has 1 aliphatic heterocycles. The largest absolute Gasteiger partial charge is 0.497 e. The average molecular weight is 481 g/mol. The fourth-order valence-corrected chi connectivity index (χ4v) is 5.82. The average Bonchev–Trinajstić information content (AvgIpc) is 3.09. The molecular weight excluding hydrogens is 452 g/mol. The van der Waals surface area contributed by atoms with Crippen LogP contribution < -0.4 is 14.8 Å². The number of nitrogens with zero attached hydrogens (tertiary/aromatic N) is 1. The first-order valence-electron chi connectivity index (χ1n) is 10.6. The number of carbonyl (C=O) groups is 1. The van der Waals surface area contributed by atoms with Gasteiger partial charge in [-0.05, 0) is 56.2 Å². The van der Waals surface area contributed by atoms with Crippen LogP contribution >= 0.6 is 11.6 Å². The van der Waals surface area contributed by atoms with Crippen molar-refractivity contribution >= 4 is 27.5 Å². The van der Waals surface area contributed by atoms with Gasteiger partial charge in [0.1, 0.15) is 16.4 Å². The van der Waals surface area contributed by atoms with Gasteiger partial charge in [-0.25, -0.2) is 8.42 Å². The van der Waals surface area contributed by atoms with Crippen molar-refractivity contribution in [3.63, 3.8) is 0 Å². The highest BCUT2D eigenvalue weighted by molar-refractivity contribution is 7.89. The Labute approximate surface area is 194 Å². The summed E-state index contributed by atoms with van der Waals surface area (Å²) in [5.74, 6) is 0.838. The molecule has 174 valence electrons. The summed E-state index contributed by atoms with van der Waals surface area (Å²) < 4.78 is 38.6. The van der Waals surface area contributed by atoms with E-state index >= 15 is 0 Å². The zero-order valence-corrected chi connectivity index (χ0v) is 20.1. The molecule has 1 saturated heterocycles. The Hall–Kier alpha value is -2.29. The number of hydrogen-bond acceptors (Lipinski definition) is 5. The van der Waals surface area contributed by atoms with Gasteiger partial charge in [0, 0.05) is 24.2 Å². The molecule has 0 radical (unpaired) electrons. The summed E-state index contributed by atoms with van der Waals surface area (Å²) in [7, 11) is -0.669. The number of benzene rings is 2. The molecule has 1 heterocycles. The van der Waals surface area contributed by atoms with E-state index in [9.17, 15) is 13.2 Å². The first-order chi connectivity index (χ1) is 15.3. The third-order valence-electron chi connectivity index (χ3n) is 5.63. The van der Waals surface area contributed by atoms with Crippen molar-refractivity contribution in [3.8, 4) is 11.5 Å². The third-order valence-corrected chi connectivity index (χ3v) is 8.01. The normalized spacial score (nSPS) is 16.1. The van der Waals surface area contributed by atoms with E-state index in [2.05, 4.69) is 5.32 Å². The Kier molecular flexibility index (Phi) is 8.03. The molecule has 0 aromatic heterocycles. The van der Waals surface area contributed by atoms with Gasteiger partial charge in [0.25, 0.3) is 5.91 Å². The topological polar surface area (TPSA) is 84.9 Å². The number of ether oxygens (including phenoxy) is 2. The lowest BCUT2D eigenvalue weighted by molar-refractivity contribution is 0.0939. The van der Waals surface area contributed by atoms with Crippen molar-refractivity contribution in [1.29, 1.82) is 0 Å². The highest BCUT2D eigenvalue weighted by Gasteiger charge is 2.28. The van der Waals surface area contributed by atoms with Crippen LogP contribution in [0.2, 0.25) is 5.02 Å². The molecule has 3 rings (SSSR count). The lowest BCUT2D eigenvalue weighted by Gasteiger charge is -2.21. The van der Waals surface area contributed by atoms with Crippen molar-refractivity contribution < 1.29 is 22.7 Å². The van der Waals surface area contributed by atoms with Crippen LogP contribution in [0, 0.1) is 0 Å². The van der Waals surface area contributed by atoms with E-state index in [1.807, 2.05) is 6.92 Å². The zero-order valence-electron chi connectivity index (χ0n) is 18.6. The zero-order chi connectivity index (χ0) is 23.3. The molecule has 9 heteroatoms. The van der Waals surface area contributed by atoms with Crippen molar-refractivity contribution in [2.45, 2.75) is 43.5 Å². The van der Waals surface area contributed by atoms with E-state index in [0.717, 1.165) is 31.2 Å². The molecule has 7 nitrogen and oxygen atoms in total. The number of amides is 1. The van der Waals surface area contributed by atoms with Gasteiger partial charge < -0.3 is 14.8 Å². The lowest BCUT2D eigenvalue weighted by Crippen LogP contribution is -2.32. The Bertz CT molecular complexity index is 1070. The summed E-state index contributed by atoms with van der Waals surface area (Å²) in [4.78, 5) is 12.9. The number of rotatable bonds is 7. The Morgan fingerprint density at radius 1 is 1.03 bits per heavy atom. The minimum Gasteiger partial charge on any atom is -0.497 e. The molecular formula is C23H29ClN2O5S. The second kappa shape index (κ2) is 10.6. The molecule has 1 atom stereocenters. The summed E-state index contributed by atoms with van der Waals surface area (Å²) in [6.07, 6.45) is 3.65. The van der Waals surface area contributed by atoms with Crippen LogP contribution in [0.5, 0.6) is 11.5 Å². The van der Waals surface area contributed by atoms with Gasteiger partial charge in [0.15, 0.2) is 0 Å². The van der Waals surface area contributed by atoms with E-state index in [1.54, 1.807) is 32.4 Å².